The van der Waals surface area contributed by atoms with E-state index < -0.39 is 18.0 Å². The highest BCUT2D eigenvalue weighted by Crippen LogP contribution is 2.37. The first kappa shape index (κ1) is 31.4. The van der Waals surface area contributed by atoms with Gasteiger partial charge in [0.05, 0.1) is 20.4 Å². The van der Waals surface area contributed by atoms with E-state index in [2.05, 4.69) is 15.8 Å². The molecule has 42 heavy (non-hydrogen) atoms. The number of methoxy groups -OCH3 is 2. The fourth-order valence-electron chi connectivity index (χ4n) is 6.25. The van der Waals surface area contributed by atoms with Gasteiger partial charge in [0.2, 0.25) is 17.6 Å². The van der Waals surface area contributed by atoms with Crippen molar-refractivity contribution in [3.63, 3.8) is 0 Å². The van der Waals surface area contributed by atoms with Crippen molar-refractivity contribution in [2.45, 2.75) is 89.6 Å². The molecule has 230 valence electrons. The Morgan fingerprint density at radius 3 is 2.38 bits per heavy atom. The third-order valence-corrected chi connectivity index (χ3v) is 9.04. The molecule has 2 N–H and O–H groups in total. The number of rotatable bonds is 12. The molecule has 0 bridgehead atoms. The second-order valence-corrected chi connectivity index (χ2v) is 11.7. The molecule has 2 fully saturated rings. The molecule has 1 aliphatic heterocycles. The average molecular weight is 583 g/mol. The minimum Gasteiger partial charge on any atom is -0.497 e. The van der Waals surface area contributed by atoms with Gasteiger partial charge in [0.15, 0.2) is 0 Å². The lowest BCUT2D eigenvalue weighted by Crippen LogP contribution is -2.57. The highest BCUT2D eigenvalue weighted by molar-refractivity contribution is 5.96. The van der Waals surface area contributed by atoms with E-state index in [1.165, 1.54) is 18.7 Å². The van der Waals surface area contributed by atoms with Crippen LogP contribution in [0.2, 0.25) is 0 Å². The number of nitrogens with one attached hydrogen (secondary N) is 2. The maximum atomic E-state index is 13.9. The van der Waals surface area contributed by atoms with E-state index >= 15 is 0 Å². The number of hydrogen-bond acceptors (Lipinski definition) is 7. The van der Waals surface area contributed by atoms with Crippen molar-refractivity contribution in [2.75, 3.05) is 27.3 Å². The Kier molecular flexibility index (Phi) is 11.3. The molecule has 1 aliphatic carbocycles. The van der Waals surface area contributed by atoms with Crippen LogP contribution in [0.1, 0.15) is 93.7 Å². The molecular weight excluding hydrogens is 536 g/mol. The molecule has 3 amide bonds. The Morgan fingerprint density at radius 1 is 1.02 bits per heavy atom. The fourth-order valence-corrected chi connectivity index (χ4v) is 6.25. The van der Waals surface area contributed by atoms with Crippen LogP contribution in [0.25, 0.3) is 0 Å². The lowest BCUT2D eigenvalue weighted by atomic mass is 9.84. The van der Waals surface area contributed by atoms with Gasteiger partial charge in [-0.25, -0.2) is 0 Å². The molecule has 10 nitrogen and oxygen atoms in total. The van der Waals surface area contributed by atoms with E-state index in [4.69, 9.17) is 14.0 Å². The lowest BCUT2D eigenvalue weighted by Gasteiger charge is -2.37. The molecule has 1 aromatic heterocycles. The number of carbonyl (C=O) groups is 3. The van der Waals surface area contributed by atoms with Crippen LogP contribution in [-0.2, 0) is 9.59 Å². The summed E-state index contributed by atoms with van der Waals surface area (Å²) in [6.45, 7) is 5.17. The molecule has 0 spiro atoms. The van der Waals surface area contributed by atoms with Gasteiger partial charge in [0, 0.05) is 24.7 Å². The third kappa shape index (κ3) is 7.83. The smallest absolute Gasteiger partial charge is 0.290 e. The van der Waals surface area contributed by atoms with Gasteiger partial charge in [0.1, 0.15) is 23.6 Å². The van der Waals surface area contributed by atoms with E-state index in [1.807, 2.05) is 36.9 Å². The summed E-state index contributed by atoms with van der Waals surface area (Å²) in [4.78, 5) is 42.3. The summed E-state index contributed by atoms with van der Waals surface area (Å²) in [5.41, 5.74) is 1.09. The molecule has 2 aromatic rings. The van der Waals surface area contributed by atoms with Gasteiger partial charge in [-0.2, -0.15) is 0 Å². The normalized spacial score (nSPS) is 18.5. The van der Waals surface area contributed by atoms with Crippen LogP contribution >= 0.6 is 0 Å². The van der Waals surface area contributed by atoms with Crippen molar-refractivity contribution in [3.05, 3.63) is 41.8 Å². The van der Waals surface area contributed by atoms with Crippen molar-refractivity contribution < 1.29 is 28.4 Å². The second-order valence-electron chi connectivity index (χ2n) is 11.7. The largest absolute Gasteiger partial charge is 0.497 e. The Hall–Kier alpha value is -3.56. The van der Waals surface area contributed by atoms with Crippen LogP contribution < -0.4 is 20.1 Å². The number of benzene rings is 1. The zero-order valence-electron chi connectivity index (χ0n) is 25.4. The van der Waals surface area contributed by atoms with Gasteiger partial charge in [-0.15, -0.1) is 0 Å². The summed E-state index contributed by atoms with van der Waals surface area (Å²) in [7, 11) is 3.31. The highest BCUT2D eigenvalue weighted by atomic mass is 16.5. The molecule has 0 unspecified atom stereocenters. The van der Waals surface area contributed by atoms with E-state index in [-0.39, 0.29) is 29.4 Å². The maximum absolute atomic E-state index is 13.9. The molecule has 10 heteroatoms. The van der Waals surface area contributed by atoms with Crippen LogP contribution in [0.4, 0.5) is 0 Å². The second kappa shape index (κ2) is 15.1. The van der Waals surface area contributed by atoms with Gasteiger partial charge >= 0.3 is 0 Å². The van der Waals surface area contributed by atoms with Crippen LogP contribution in [0, 0.1) is 11.8 Å². The number of amides is 3. The lowest BCUT2D eigenvalue weighted by molar-refractivity contribution is -0.139. The maximum Gasteiger partial charge on any atom is 0.290 e. The third-order valence-electron chi connectivity index (χ3n) is 9.04. The Labute approximate surface area is 248 Å². The first-order valence-corrected chi connectivity index (χ1v) is 15.4. The predicted octanol–water partition coefficient (Wildman–Crippen LogP) is 4.70. The van der Waals surface area contributed by atoms with Gasteiger partial charge in [0.25, 0.3) is 5.91 Å². The van der Waals surface area contributed by atoms with Gasteiger partial charge in [-0.05, 0) is 55.2 Å². The Bertz CT molecular complexity index is 1170. The van der Waals surface area contributed by atoms with Crippen molar-refractivity contribution in [2.24, 2.45) is 11.8 Å². The predicted molar refractivity (Wildman–Crippen MR) is 158 cm³/mol. The van der Waals surface area contributed by atoms with Gasteiger partial charge in [-0.3, -0.25) is 14.4 Å². The van der Waals surface area contributed by atoms with Gasteiger partial charge in [-0.1, -0.05) is 57.5 Å². The van der Waals surface area contributed by atoms with E-state index in [1.54, 1.807) is 14.2 Å². The molecule has 1 saturated carbocycles. The molecule has 4 rings (SSSR count). The number of aromatic nitrogens is 1. The molecule has 2 aliphatic rings. The SMILES string of the molecule is CC[C@H](C)[C@H](NC(=O)[C@H](CC1CCCCC1)NC(=O)c1ccno1)C(=O)N1CCC(c2cc(OC)ccc2OC)CC1. The van der Waals surface area contributed by atoms with E-state index in [0.29, 0.717) is 25.4 Å². The Balaban J connectivity index is 1.44. The molecule has 2 heterocycles. The number of carbonyl (C=O) groups excluding carboxylic acids is 3. The minimum absolute atomic E-state index is 0.0570. The van der Waals surface area contributed by atoms with Crippen molar-refractivity contribution >= 4 is 17.7 Å². The summed E-state index contributed by atoms with van der Waals surface area (Å²) in [5.74, 6) is 1.28. The standard InChI is InChI=1S/C32H46N4O6/c1-5-21(2)29(32(39)36-17-14-23(15-18-36)25-20-24(40-3)11-12-27(25)41-4)35-30(37)26(19-22-9-7-6-8-10-22)34-31(38)28-13-16-33-42-28/h11-13,16,20-23,26,29H,5-10,14-15,17-19H2,1-4H3,(H,34,38)(H,35,37)/t21-,26-,29-/m0/s1. The molecule has 1 aromatic carbocycles. The summed E-state index contributed by atoms with van der Waals surface area (Å²) >= 11 is 0. The fraction of sp³-hybridized carbons (Fsp3) is 0.625. The summed E-state index contributed by atoms with van der Waals surface area (Å²) in [6, 6.07) is 5.85. The highest BCUT2D eigenvalue weighted by Gasteiger charge is 2.36. The quantitative estimate of drug-likeness (QED) is 0.372. The van der Waals surface area contributed by atoms with Crippen molar-refractivity contribution in [1.82, 2.24) is 20.7 Å². The number of hydrogen-bond donors (Lipinski definition) is 2. The zero-order chi connectivity index (χ0) is 30.1. The molecular formula is C32H46N4O6. The van der Waals surface area contributed by atoms with Crippen LogP contribution in [0.15, 0.2) is 35.0 Å². The van der Waals surface area contributed by atoms with Crippen molar-refractivity contribution in [3.8, 4) is 11.5 Å². The summed E-state index contributed by atoms with van der Waals surface area (Å²) in [6.07, 6.45) is 9.74. The zero-order valence-corrected chi connectivity index (χ0v) is 25.4. The number of ether oxygens (including phenoxy) is 2. The van der Waals surface area contributed by atoms with Gasteiger partial charge < -0.3 is 29.5 Å². The first-order chi connectivity index (χ1) is 20.3. The van der Waals surface area contributed by atoms with E-state index in [0.717, 1.165) is 62.0 Å². The number of likely N-dealkylation sites (tertiary alicyclic amines) is 1. The minimum atomic E-state index is -0.767. The van der Waals surface area contributed by atoms with Crippen molar-refractivity contribution in [1.29, 1.82) is 0 Å². The topological polar surface area (TPSA) is 123 Å². The molecule has 3 atom stereocenters. The monoisotopic (exact) mass is 582 g/mol. The number of nitrogens with zero attached hydrogens (tertiary/aromatic N) is 2. The number of piperidine rings is 1. The summed E-state index contributed by atoms with van der Waals surface area (Å²) in [5, 5.41) is 9.53. The molecule has 1 saturated heterocycles. The van der Waals surface area contributed by atoms with Crippen LogP contribution in [-0.4, -0.2) is 67.2 Å². The van der Waals surface area contributed by atoms with Crippen LogP contribution in [0.3, 0.4) is 0 Å². The van der Waals surface area contributed by atoms with E-state index in [9.17, 15) is 14.4 Å². The average Bonchev–Trinajstić information content (AvgIpc) is 3.58. The summed E-state index contributed by atoms with van der Waals surface area (Å²) < 4.78 is 16.1. The first-order valence-electron chi connectivity index (χ1n) is 15.4. The van der Waals surface area contributed by atoms with Crippen LogP contribution in [0.5, 0.6) is 11.5 Å². The molecule has 0 radical (unpaired) electrons. The Morgan fingerprint density at radius 2 is 1.76 bits per heavy atom.